The minimum absolute atomic E-state index is 0.0162. The zero-order valence-corrected chi connectivity index (χ0v) is 32.6. The minimum Gasteiger partial charge on any atom is -0.413 e. The highest BCUT2D eigenvalue weighted by atomic mass is 28.4. The predicted molar refractivity (Wildman–Crippen MR) is 193 cm³/mol. The van der Waals surface area contributed by atoms with E-state index in [0.29, 0.717) is 34.9 Å². The fraction of sp³-hybridized carbons (Fsp3) is 0.769. The molecule has 0 heterocycles. The second kappa shape index (κ2) is 12.9. The monoisotopic (exact) mass is 638 g/mol. The van der Waals surface area contributed by atoms with E-state index < -0.39 is 16.6 Å². The van der Waals surface area contributed by atoms with Crippen molar-refractivity contribution in [2.75, 3.05) is 0 Å². The molecule has 6 atom stereocenters. The molecule has 1 unspecified atom stereocenters. The Morgan fingerprint density at radius 2 is 1.57 bits per heavy atom. The molecule has 4 saturated carbocycles. The lowest BCUT2D eigenvalue weighted by Crippen LogP contribution is -2.49. The quantitative estimate of drug-likeness (QED) is 0.186. The summed E-state index contributed by atoms with van der Waals surface area (Å²) in [6.07, 6.45) is 19.5. The maximum atomic E-state index is 12.4. The molecule has 248 valence electrons. The molecule has 0 radical (unpaired) electrons. The third kappa shape index (κ3) is 7.74. The van der Waals surface area contributed by atoms with Crippen molar-refractivity contribution >= 4 is 22.4 Å². The van der Waals surface area contributed by atoms with Crippen LogP contribution in [0.3, 0.4) is 0 Å². The van der Waals surface area contributed by atoms with Gasteiger partial charge in [-0.1, -0.05) is 85.8 Å². The van der Waals surface area contributed by atoms with E-state index >= 15 is 0 Å². The Morgan fingerprint density at radius 3 is 2.16 bits per heavy atom. The van der Waals surface area contributed by atoms with E-state index in [4.69, 9.17) is 8.85 Å². The summed E-state index contributed by atoms with van der Waals surface area (Å²) in [5.74, 6) is 2.39. The summed E-state index contributed by atoms with van der Waals surface area (Å²) in [4.78, 5) is 12.4. The van der Waals surface area contributed by atoms with Crippen LogP contribution in [0, 0.1) is 29.1 Å². The molecular weight excluding hydrogens is 573 g/mol. The minimum atomic E-state index is -1.98. The van der Waals surface area contributed by atoms with Crippen LogP contribution in [0.4, 0.5) is 0 Å². The van der Waals surface area contributed by atoms with Crippen molar-refractivity contribution in [1.82, 2.24) is 0 Å². The number of fused-ring (bicyclic) bond motifs is 1. The molecule has 4 aliphatic rings. The van der Waals surface area contributed by atoms with Crippen molar-refractivity contribution < 1.29 is 13.6 Å². The zero-order valence-electron chi connectivity index (χ0n) is 30.6. The average Bonchev–Trinajstić information content (AvgIpc) is 3.68. The summed E-state index contributed by atoms with van der Waals surface area (Å²) in [7, 11) is -3.91. The number of carbonyl (C=O) groups excluding carboxylic acids is 1. The molecule has 5 heteroatoms. The van der Waals surface area contributed by atoms with E-state index in [9.17, 15) is 4.79 Å². The number of hydrogen-bond acceptors (Lipinski definition) is 3. The van der Waals surface area contributed by atoms with Gasteiger partial charge < -0.3 is 8.85 Å². The number of ketones is 1. The van der Waals surface area contributed by atoms with Gasteiger partial charge in [0.25, 0.3) is 0 Å². The molecular formula is C39H66O3Si2. The molecule has 4 aliphatic carbocycles. The van der Waals surface area contributed by atoms with Crippen LogP contribution in [0.5, 0.6) is 0 Å². The normalized spacial score (nSPS) is 33.3. The van der Waals surface area contributed by atoms with Gasteiger partial charge in [0.1, 0.15) is 0 Å². The number of rotatable bonds is 9. The standard InChI is InChI=1S/C39H66O3Si2/c1-27(16-23-35(40)30-18-19-30)33-21-22-34-29(15-14-24-39(33,34)9)17-20-31-25-32(41-43(10,11)37(3,4)5)26-36(28(31)2)42-44(12,13)38(6,7)8/h16-17,20,23,27,30,32-34,36H,2,14-15,18-19,21-22,24-26H2,1,3-13H3/b23-16+,29-17+,31-20-/t27-,32-,33?,34+,36-,39-/m1/s1. The van der Waals surface area contributed by atoms with Gasteiger partial charge >= 0.3 is 0 Å². The molecule has 0 aromatic heterocycles. The molecule has 0 saturated heterocycles. The molecule has 0 amide bonds. The van der Waals surface area contributed by atoms with Crippen LogP contribution in [-0.2, 0) is 13.6 Å². The van der Waals surface area contributed by atoms with E-state index in [2.05, 4.69) is 106 Å². The van der Waals surface area contributed by atoms with Gasteiger partial charge in [-0.05, 0) is 128 Å². The topological polar surface area (TPSA) is 35.5 Å². The average molecular weight is 639 g/mol. The maximum Gasteiger partial charge on any atom is 0.192 e. The van der Waals surface area contributed by atoms with Gasteiger partial charge in [-0.3, -0.25) is 4.79 Å². The fourth-order valence-electron chi connectivity index (χ4n) is 7.79. The van der Waals surface area contributed by atoms with Crippen LogP contribution in [0.1, 0.15) is 113 Å². The largest absolute Gasteiger partial charge is 0.413 e. The van der Waals surface area contributed by atoms with E-state index in [-0.39, 0.29) is 22.3 Å². The first-order valence-corrected chi connectivity index (χ1v) is 23.6. The van der Waals surface area contributed by atoms with Crippen LogP contribution in [0.25, 0.3) is 0 Å². The van der Waals surface area contributed by atoms with Gasteiger partial charge in [-0.25, -0.2) is 0 Å². The summed E-state index contributed by atoms with van der Waals surface area (Å²) in [5, 5.41) is 0.321. The van der Waals surface area contributed by atoms with Gasteiger partial charge in [0.05, 0.1) is 12.2 Å². The van der Waals surface area contributed by atoms with Crippen molar-refractivity contribution in [2.24, 2.45) is 29.1 Å². The maximum absolute atomic E-state index is 12.4. The Hall–Kier alpha value is -1.02. The van der Waals surface area contributed by atoms with Crippen molar-refractivity contribution in [3.63, 3.8) is 0 Å². The van der Waals surface area contributed by atoms with Gasteiger partial charge in [0, 0.05) is 12.3 Å². The number of carbonyl (C=O) groups is 1. The van der Waals surface area contributed by atoms with E-state index in [0.717, 1.165) is 25.7 Å². The molecule has 0 N–H and O–H groups in total. The fourth-order valence-corrected chi connectivity index (χ4v) is 10.5. The van der Waals surface area contributed by atoms with Crippen molar-refractivity contribution in [1.29, 1.82) is 0 Å². The highest BCUT2D eigenvalue weighted by Gasteiger charge is 2.50. The molecule has 44 heavy (non-hydrogen) atoms. The Bertz CT molecular complexity index is 1170. The highest BCUT2D eigenvalue weighted by Crippen LogP contribution is 2.59. The van der Waals surface area contributed by atoms with Crippen LogP contribution in [0.15, 0.2) is 47.6 Å². The molecule has 0 spiro atoms. The third-order valence-corrected chi connectivity index (χ3v) is 22.0. The van der Waals surface area contributed by atoms with E-state index in [1.165, 1.54) is 43.3 Å². The highest BCUT2D eigenvalue weighted by molar-refractivity contribution is 6.74. The molecule has 0 aliphatic heterocycles. The number of allylic oxidation sites excluding steroid dienone is 5. The molecule has 4 fully saturated rings. The summed E-state index contributed by atoms with van der Waals surface area (Å²) < 4.78 is 14.1. The first-order chi connectivity index (χ1) is 20.2. The Kier molecular flexibility index (Phi) is 10.5. The Labute approximate surface area is 273 Å². The second-order valence-corrected chi connectivity index (χ2v) is 27.8. The SMILES string of the molecule is C=C1/C(=C\C=C2/CCC[C@]3(C)C([C@H](C)/C=C/C(=O)C4CC4)CC[C@@H]23)C[C@@H](O[Si](C)(C)C(C)(C)C)C[C@H]1O[Si](C)(C)C(C)(C)C. The van der Waals surface area contributed by atoms with Crippen molar-refractivity contribution in [2.45, 2.75) is 162 Å². The molecule has 3 nitrogen and oxygen atoms in total. The van der Waals surface area contributed by atoms with Crippen molar-refractivity contribution in [3.05, 3.63) is 47.6 Å². The third-order valence-electron chi connectivity index (χ3n) is 13.0. The van der Waals surface area contributed by atoms with Crippen LogP contribution in [-0.4, -0.2) is 34.6 Å². The molecule has 4 rings (SSSR count). The zero-order chi connectivity index (χ0) is 32.9. The summed E-state index contributed by atoms with van der Waals surface area (Å²) >= 11 is 0. The summed E-state index contributed by atoms with van der Waals surface area (Å²) in [5.41, 5.74) is 4.43. The van der Waals surface area contributed by atoms with Crippen LogP contribution in [0.2, 0.25) is 36.3 Å². The second-order valence-electron chi connectivity index (χ2n) is 18.3. The lowest BCUT2D eigenvalue weighted by molar-refractivity contribution is -0.115. The number of hydrogen-bond donors (Lipinski definition) is 0. The van der Waals surface area contributed by atoms with Gasteiger partial charge in [-0.15, -0.1) is 0 Å². The van der Waals surface area contributed by atoms with Crippen LogP contribution >= 0.6 is 0 Å². The predicted octanol–water partition coefficient (Wildman–Crippen LogP) is 11.4. The Morgan fingerprint density at radius 1 is 0.955 bits per heavy atom. The van der Waals surface area contributed by atoms with Gasteiger partial charge in [0.2, 0.25) is 0 Å². The first-order valence-electron chi connectivity index (χ1n) is 17.8. The van der Waals surface area contributed by atoms with Crippen LogP contribution < -0.4 is 0 Å². The molecule has 0 aromatic carbocycles. The van der Waals surface area contributed by atoms with E-state index in [1.807, 2.05) is 6.08 Å². The van der Waals surface area contributed by atoms with Gasteiger partial charge in [0.15, 0.2) is 22.4 Å². The Balaban J connectivity index is 1.58. The summed E-state index contributed by atoms with van der Waals surface area (Å²) in [6.45, 7) is 33.0. The lowest BCUT2D eigenvalue weighted by atomic mass is 9.61. The van der Waals surface area contributed by atoms with E-state index in [1.54, 1.807) is 5.57 Å². The molecule has 0 bridgehead atoms. The lowest BCUT2D eigenvalue weighted by Gasteiger charge is -2.45. The van der Waals surface area contributed by atoms with Crippen molar-refractivity contribution in [3.8, 4) is 0 Å². The smallest absolute Gasteiger partial charge is 0.192 e. The summed E-state index contributed by atoms with van der Waals surface area (Å²) in [6, 6.07) is 0. The first kappa shape index (κ1) is 35.8. The molecule has 0 aromatic rings. The van der Waals surface area contributed by atoms with Gasteiger partial charge in [-0.2, -0.15) is 0 Å².